The highest BCUT2D eigenvalue weighted by Crippen LogP contribution is 2.60. The van der Waals surface area contributed by atoms with Crippen molar-refractivity contribution in [3.8, 4) is 22.8 Å². The molecule has 4 heteroatoms. The Morgan fingerprint density at radius 2 is 1.62 bits per heavy atom. The Labute approximate surface area is 166 Å². The number of para-hydroxylation sites is 1. The Kier molecular flexibility index (Phi) is 2.11. The summed E-state index contributed by atoms with van der Waals surface area (Å²) in [6.07, 6.45) is 4.43. The minimum atomic E-state index is 0.491. The summed E-state index contributed by atoms with van der Waals surface area (Å²) in [5.74, 6) is 1.85. The predicted octanol–water partition coefficient (Wildman–Crippen LogP) is 4.84. The molecule has 0 saturated heterocycles. The monoisotopic (exact) mass is 374 g/mol. The zero-order valence-corrected chi connectivity index (χ0v) is 15.8. The SMILES string of the molecule is Cc1cc[n+]2c(c1)-c1cccc3c1[N+]21c2c(ccc4ccc5ccc[n+]1c5c24)O3. The van der Waals surface area contributed by atoms with Gasteiger partial charge in [-0.05, 0) is 54.3 Å². The van der Waals surface area contributed by atoms with Gasteiger partial charge < -0.3 is 4.74 Å². The van der Waals surface area contributed by atoms with Crippen LogP contribution >= 0.6 is 0 Å². The zero-order chi connectivity index (χ0) is 18.9. The van der Waals surface area contributed by atoms with Crippen molar-refractivity contribution in [1.82, 2.24) is 4.70 Å². The molecular weight excluding hydrogens is 358 g/mol. The van der Waals surface area contributed by atoms with Crippen LogP contribution in [0.2, 0.25) is 0 Å². The summed E-state index contributed by atoms with van der Waals surface area (Å²) < 4.78 is 11.8. The molecule has 0 saturated carbocycles. The second-order valence-corrected chi connectivity index (χ2v) is 8.16. The molecule has 0 radical (unpaired) electrons. The first-order valence-corrected chi connectivity index (χ1v) is 9.94. The van der Waals surface area contributed by atoms with E-state index in [1.54, 1.807) is 0 Å². The van der Waals surface area contributed by atoms with Crippen molar-refractivity contribution < 1.29 is 14.1 Å². The molecule has 134 valence electrons. The first kappa shape index (κ1) is 14.3. The molecule has 5 heterocycles. The minimum absolute atomic E-state index is 0.491. The summed E-state index contributed by atoms with van der Waals surface area (Å²) in [6, 6.07) is 24.0. The first-order valence-electron chi connectivity index (χ1n) is 9.94. The predicted molar refractivity (Wildman–Crippen MR) is 111 cm³/mol. The van der Waals surface area contributed by atoms with E-state index in [0.717, 1.165) is 11.5 Å². The fraction of sp³-hybridized carbons (Fsp3) is 0.0400. The minimum Gasteiger partial charge on any atom is -0.444 e. The van der Waals surface area contributed by atoms with Crippen molar-refractivity contribution in [3.63, 3.8) is 0 Å². The van der Waals surface area contributed by atoms with Crippen LogP contribution in [0.25, 0.3) is 32.9 Å². The highest BCUT2D eigenvalue weighted by Gasteiger charge is 2.71. The van der Waals surface area contributed by atoms with Crippen LogP contribution in [0.1, 0.15) is 5.56 Å². The van der Waals surface area contributed by atoms with Crippen molar-refractivity contribution in [3.05, 3.63) is 84.7 Å². The third-order valence-corrected chi connectivity index (χ3v) is 6.69. The molecule has 0 bridgehead atoms. The third kappa shape index (κ3) is 1.32. The topological polar surface area (TPSA) is 17.0 Å². The number of rotatable bonds is 0. The van der Waals surface area contributed by atoms with Gasteiger partial charge in [0, 0.05) is 18.2 Å². The fourth-order valence-electron chi connectivity index (χ4n) is 5.65. The van der Waals surface area contributed by atoms with E-state index < -0.39 is 0 Å². The quantitative estimate of drug-likeness (QED) is 0.211. The first-order chi connectivity index (χ1) is 14.3. The lowest BCUT2D eigenvalue weighted by Gasteiger charge is -2.23. The number of benzene rings is 3. The van der Waals surface area contributed by atoms with Gasteiger partial charge in [0.1, 0.15) is 10.9 Å². The number of quaternary nitrogens is 1. The molecule has 1 unspecified atom stereocenters. The van der Waals surface area contributed by atoms with E-state index in [-0.39, 0.29) is 0 Å². The van der Waals surface area contributed by atoms with Crippen LogP contribution in [-0.2, 0) is 0 Å². The molecule has 0 amide bonds. The molecule has 3 aromatic carbocycles. The standard InChI is InChI=1S/C25H16N3O/c1-15-11-13-26-19(14-15)18-5-2-6-20-24(18)28(26)25-21(29-20)10-9-16-7-8-17-4-3-12-27(28)23(17)22(16)25/h2-14H,1H3/q+3. The van der Waals surface area contributed by atoms with Gasteiger partial charge in [0.25, 0.3) is 11.2 Å². The molecule has 0 aliphatic carbocycles. The Morgan fingerprint density at radius 1 is 0.759 bits per heavy atom. The maximum Gasteiger partial charge on any atom is 0.318 e. The number of pyridine rings is 2. The molecule has 1 spiro atoms. The molecule has 3 aliphatic rings. The molecule has 1 atom stereocenters. The van der Waals surface area contributed by atoms with Crippen LogP contribution < -0.4 is 18.8 Å². The molecule has 4 nitrogen and oxygen atoms in total. The zero-order valence-electron chi connectivity index (χ0n) is 15.8. The lowest BCUT2D eigenvalue weighted by Crippen LogP contribution is -2.81. The highest BCUT2D eigenvalue weighted by atomic mass is 16.5. The fourth-order valence-corrected chi connectivity index (χ4v) is 5.65. The van der Waals surface area contributed by atoms with Gasteiger partial charge in [-0.2, -0.15) is 0 Å². The maximum absolute atomic E-state index is 6.50. The average Bonchev–Trinajstić information content (AvgIpc) is 3.23. The van der Waals surface area contributed by atoms with Crippen LogP contribution in [0.4, 0.5) is 11.4 Å². The third-order valence-electron chi connectivity index (χ3n) is 6.69. The molecule has 5 aromatic rings. The van der Waals surface area contributed by atoms with Crippen LogP contribution in [0.5, 0.6) is 11.5 Å². The van der Waals surface area contributed by atoms with Gasteiger partial charge in [-0.25, -0.2) is 0 Å². The van der Waals surface area contributed by atoms with Crippen LogP contribution in [0.15, 0.2) is 79.1 Å². The van der Waals surface area contributed by atoms with Crippen molar-refractivity contribution in [2.24, 2.45) is 0 Å². The summed E-state index contributed by atoms with van der Waals surface area (Å²) in [5, 5.41) is 3.77. The maximum atomic E-state index is 6.50. The molecule has 0 fully saturated rings. The van der Waals surface area contributed by atoms with Crippen molar-refractivity contribution in [2.75, 3.05) is 0 Å². The Balaban J connectivity index is 1.73. The number of fused-ring (bicyclic) bond motifs is 2. The van der Waals surface area contributed by atoms with Crippen LogP contribution in [-0.4, -0.2) is 0 Å². The van der Waals surface area contributed by atoms with E-state index in [9.17, 15) is 0 Å². The number of nitrogens with zero attached hydrogens (tertiary/aromatic N) is 3. The lowest BCUT2D eigenvalue weighted by atomic mass is 10.0. The molecule has 2 aromatic heterocycles. The largest absolute Gasteiger partial charge is 0.444 e. The second-order valence-electron chi connectivity index (χ2n) is 8.16. The van der Waals surface area contributed by atoms with Gasteiger partial charge in [0.15, 0.2) is 4.70 Å². The number of aromatic nitrogens is 2. The van der Waals surface area contributed by atoms with Gasteiger partial charge in [-0.1, -0.05) is 12.1 Å². The molecular formula is C25H16N3O+3. The van der Waals surface area contributed by atoms with Crippen LogP contribution in [0.3, 0.4) is 0 Å². The van der Waals surface area contributed by atoms with Crippen molar-refractivity contribution >= 4 is 33.1 Å². The Hall–Kier alpha value is -3.76. The number of aryl methyl sites for hydroxylation is 1. The summed E-state index contributed by atoms with van der Waals surface area (Å²) >= 11 is 0. The number of hydrogen-bond acceptors (Lipinski definition) is 1. The van der Waals surface area contributed by atoms with E-state index in [0.29, 0.717) is 4.70 Å². The second kappa shape index (κ2) is 4.29. The molecule has 29 heavy (non-hydrogen) atoms. The van der Waals surface area contributed by atoms with Crippen molar-refractivity contribution in [2.45, 2.75) is 6.92 Å². The molecule has 0 N–H and O–H groups in total. The Bertz CT molecular complexity index is 1600. The van der Waals surface area contributed by atoms with Gasteiger partial charge in [0.05, 0.1) is 14.7 Å². The van der Waals surface area contributed by atoms with E-state index in [2.05, 4.69) is 95.4 Å². The molecule has 8 rings (SSSR count). The van der Waals surface area contributed by atoms with E-state index in [4.69, 9.17) is 4.74 Å². The summed E-state index contributed by atoms with van der Waals surface area (Å²) in [6.45, 7) is 2.15. The van der Waals surface area contributed by atoms with E-state index in [1.165, 1.54) is 49.9 Å². The van der Waals surface area contributed by atoms with Gasteiger partial charge >= 0.3 is 11.4 Å². The molecule has 3 aliphatic heterocycles. The van der Waals surface area contributed by atoms with Gasteiger partial charge in [0.2, 0.25) is 23.9 Å². The normalized spacial score (nSPS) is 18.9. The summed E-state index contributed by atoms with van der Waals surface area (Å²) in [7, 11) is 0. The van der Waals surface area contributed by atoms with E-state index in [1.807, 2.05) is 0 Å². The Morgan fingerprint density at radius 3 is 2.59 bits per heavy atom. The van der Waals surface area contributed by atoms with Gasteiger partial charge in [-0.15, -0.1) is 0 Å². The summed E-state index contributed by atoms with van der Waals surface area (Å²) in [4.78, 5) is 0. The highest BCUT2D eigenvalue weighted by molar-refractivity contribution is 6.14. The van der Waals surface area contributed by atoms with E-state index >= 15 is 0 Å². The number of ether oxygens (including phenoxy) is 1. The lowest BCUT2D eigenvalue weighted by molar-refractivity contribution is -1.02. The average molecular weight is 374 g/mol. The van der Waals surface area contributed by atoms with Crippen molar-refractivity contribution in [1.29, 1.82) is 0 Å². The van der Waals surface area contributed by atoms with Gasteiger partial charge in [-0.3, -0.25) is 0 Å². The number of hydrogen-bond donors (Lipinski definition) is 0. The smallest absolute Gasteiger partial charge is 0.318 e. The van der Waals surface area contributed by atoms with Crippen LogP contribution in [0, 0.1) is 6.92 Å². The summed E-state index contributed by atoms with van der Waals surface area (Å²) in [5.41, 5.74) is 7.35.